The van der Waals surface area contributed by atoms with E-state index < -0.39 is 0 Å². The Kier molecular flexibility index (Phi) is 5.09. The Hall–Kier alpha value is -1.92. The maximum Gasteiger partial charge on any atom is 0.148 e. The fourth-order valence-electron chi connectivity index (χ4n) is 1.93. The second-order valence-corrected chi connectivity index (χ2v) is 5.33. The van der Waals surface area contributed by atoms with E-state index in [0.717, 1.165) is 21.5 Å². The van der Waals surface area contributed by atoms with Gasteiger partial charge in [-0.1, -0.05) is 40.0 Å². The quantitative estimate of drug-likeness (QED) is 0.822. The summed E-state index contributed by atoms with van der Waals surface area (Å²) in [4.78, 5) is 0. The first-order chi connectivity index (χ1) is 9.70. The van der Waals surface area contributed by atoms with Crippen molar-refractivity contribution in [3.63, 3.8) is 0 Å². The molecule has 0 atom stereocenters. The van der Waals surface area contributed by atoms with Gasteiger partial charge in [-0.25, -0.2) is 0 Å². The number of terminal acetylenes is 1. The first-order valence-electron chi connectivity index (χ1n) is 6.35. The van der Waals surface area contributed by atoms with E-state index in [0.29, 0.717) is 6.54 Å². The molecule has 0 unspecified atom stereocenters. The molecule has 2 nitrogen and oxygen atoms in total. The van der Waals surface area contributed by atoms with E-state index in [1.807, 2.05) is 30.3 Å². The molecule has 3 heteroatoms. The number of aryl methyl sites for hydroxylation is 1. The van der Waals surface area contributed by atoms with Crippen LogP contribution in [0.3, 0.4) is 0 Å². The maximum absolute atomic E-state index is 5.54. The highest BCUT2D eigenvalue weighted by Gasteiger charge is 2.04. The highest BCUT2D eigenvalue weighted by molar-refractivity contribution is 9.10. The monoisotopic (exact) mass is 329 g/mol. The largest absolute Gasteiger partial charge is 0.481 e. The van der Waals surface area contributed by atoms with Crippen LogP contribution in [0.5, 0.6) is 5.75 Å². The Bertz CT molecular complexity index is 631. The molecule has 0 radical (unpaired) electrons. The second kappa shape index (κ2) is 7.02. The molecule has 0 heterocycles. The number of halogens is 1. The van der Waals surface area contributed by atoms with E-state index in [9.17, 15) is 0 Å². The lowest BCUT2D eigenvalue weighted by Gasteiger charge is -2.13. The molecule has 0 amide bonds. The minimum Gasteiger partial charge on any atom is -0.481 e. The molecular weight excluding hydrogens is 314 g/mol. The van der Waals surface area contributed by atoms with Crippen LogP contribution in [0.4, 0.5) is 5.69 Å². The van der Waals surface area contributed by atoms with Crippen molar-refractivity contribution in [3.05, 3.63) is 58.1 Å². The van der Waals surface area contributed by atoms with Gasteiger partial charge in [0, 0.05) is 22.3 Å². The summed E-state index contributed by atoms with van der Waals surface area (Å²) in [6.07, 6.45) is 5.23. The van der Waals surface area contributed by atoms with Crippen LogP contribution in [0.1, 0.15) is 11.1 Å². The molecule has 2 aromatic carbocycles. The topological polar surface area (TPSA) is 21.3 Å². The molecule has 0 aliphatic rings. The van der Waals surface area contributed by atoms with Gasteiger partial charge in [-0.15, -0.1) is 6.42 Å². The molecule has 0 saturated heterocycles. The van der Waals surface area contributed by atoms with Crippen LogP contribution in [-0.2, 0) is 6.54 Å². The summed E-state index contributed by atoms with van der Waals surface area (Å²) in [6.45, 7) is 3.06. The molecule has 20 heavy (non-hydrogen) atoms. The van der Waals surface area contributed by atoms with Crippen molar-refractivity contribution in [3.8, 4) is 18.1 Å². The zero-order chi connectivity index (χ0) is 14.4. The Morgan fingerprint density at radius 2 is 2.05 bits per heavy atom. The van der Waals surface area contributed by atoms with Crippen molar-refractivity contribution < 1.29 is 4.74 Å². The van der Waals surface area contributed by atoms with E-state index in [1.165, 1.54) is 5.56 Å². The number of rotatable bonds is 5. The van der Waals surface area contributed by atoms with E-state index in [4.69, 9.17) is 11.2 Å². The van der Waals surface area contributed by atoms with Crippen LogP contribution in [0.25, 0.3) is 0 Å². The number of ether oxygens (including phenoxy) is 1. The Labute approximate surface area is 128 Å². The fraction of sp³-hybridized carbons (Fsp3) is 0.176. The minimum absolute atomic E-state index is 0.286. The molecule has 2 aromatic rings. The summed E-state index contributed by atoms with van der Waals surface area (Å²) < 4.78 is 6.62. The second-order valence-electron chi connectivity index (χ2n) is 4.41. The first kappa shape index (κ1) is 14.5. The number of para-hydroxylation sites is 1. The van der Waals surface area contributed by atoms with Crippen molar-refractivity contribution >= 4 is 21.6 Å². The number of nitrogens with one attached hydrogen (secondary N) is 1. The van der Waals surface area contributed by atoms with E-state index in [2.05, 4.69) is 46.2 Å². The molecule has 0 aliphatic carbocycles. The Morgan fingerprint density at radius 1 is 1.25 bits per heavy atom. The van der Waals surface area contributed by atoms with Crippen molar-refractivity contribution in [2.45, 2.75) is 13.5 Å². The summed E-state index contributed by atoms with van der Waals surface area (Å²) in [7, 11) is 0. The lowest BCUT2D eigenvalue weighted by atomic mass is 10.1. The van der Waals surface area contributed by atoms with Crippen molar-refractivity contribution in [2.75, 3.05) is 11.9 Å². The third-order valence-corrected chi connectivity index (χ3v) is 3.43. The highest BCUT2D eigenvalue weighted by Crippen LogP contribution is 2.23. The molecule has 2 rings (SSSR count). The van der Waals surface area contributed by atoms with Crippen molar-refractivity contribution in [1.29, 1.82) is 0 Å². The molecule has 102 valence electrons. The fourth-order valence-corrected chi connectivity index (χ4v) is 2.40. The Balaban J connectivity index is 2.09. The number of hydrogen-bond acceptors (Lipinski definition) is 2. The predicted molar refractivity (Wildman–Crippen MR) is 87.0 cm³/mol. The predicted octanol–water partition coefficient (Wildman–Crippen LogP) is 4.38. The third-order valence-electron chi connectivity index (χ3n) is 2.94. The number of benzene rings is 2. The number of anilines is 1. The molecular formula is C17H16BrNO. The van der Waals surface area contributed by atoms with Gasteiger partial charge in [-0.05, 0) is 36.8 Å². The molecule has 0 aromatic heterocycles. The standard InChI is InChI=1S/C17H16BrNO/c1-3-10-20-17-7-5-4-6-14(17)12-19-16-9-8-15(18)11-13(16)2/h1,4-9,11,19H,10,12H2,2H3. The van der Waals surface area contributed by atoms with Crippen LogP contribution < -0.4 is 10.1 Å². The molecule has 1 N–H and O–H groups in total. The highest BCUT2D eigenvalue weighted by atomic mass is 79.9. The van der Waals surface area contributed by atoms with Gasteiger partial charge in [0.15, 0.2) is 0 Å². The van der Waals surface area contributed by atoms with Gasteiger partial charge in [0.1, 0.15) is 12.4 Å². The summed E-state index contributed by atoms with van der Waals surface area (Å²) >= 11 is 3.47. The summed E-state index contributed by atoms with van der Waals surface area (Å²) in [5.41, 5.74) is 3.39. The first-order valence-corrected chi connectivity index (χ1v) is 7.14. The molecule has 0 spiro atoms. The molecule has 0 bridgehead atoms. The van der Waals surface area contributed by atoms with E-state index in [-0.39, 0.29) is 6.61 Å². The van der Waals surface area contributed by atoms with Crippen LogP contribution >= 0.6 is 15.9 Å². The summed E-state index contributed by atoms with van der Waals surface area (Å²) in [5.74, 6) is 3.31. The van der Waals surface area contributed by atoms with Crippen molar-refractivity contribution in [1.82, 2.24) is 0 Å². The van der Waals surface area contributed by atoms with Gasteiger partial charge in [-0.3, -0.25) is 0 Å². The van der Waals surface area contributed by atoms with Gasteiger partial charge in [0.2, 0.25) is 0 Å². The van der Waals surface area contributed by atoms with Crippen molar-refractivity contribution in [2.24, 2.45) is 0 Å². The molecule has 0 saturated carbocycles. The van der Waals surface area contributed by atoms with Gasteiger partial charge in [-0.2, -0.15) is 0 Å². The van der Waals surface area contributed by atoms with Crippen LogP contribution in [0, 0.1) is 19.3 Å². The van der Waals surface area contributed by atoms with E-state index >= 15 is 0 Å². The average molecular weight is 330 g/mol. The maximum atomic E-state index is 5.54. The Morgan fingerprint density at radius 3 is 2.80 bits per heavy atom. The van der Waals surface area contributed by atoms with Gasteiger partial charge < -0.3 is 10.1 Å². The smallest absolute Gasteiger partial charge is 0.148 e. The zero-order valence-electron chi connectivity index (χ0n) is 11.3. The lowest BCUT2D eigenvalue weighted by molar-refractivity contribution is 0.366. The van der Waals surface area contributed by atoms with Crippen LogP contribution in [0.2, 0.25) is 0 Å². The van der Waals surface area contributed by atoms with Gasteiger partial charge in [0.05, 0.1) is 0 Å². The van der Waals surface area contributed by atoms with Gasteiger partial charge in [0.25, 0.3) is 0 Å². The third kappa shape index (κ3) is 3.79. The SMILES string of the molecule is C#CCOc1ccccc1CNc1ccc(Br)cc1C. The summed E-state index contributed by atoms with van der Waals surface area (Å²) in [6, 6.07) is 14.1. The minimum atomic E-state index is 0.286. The number of hydrogen-bond donors (Lipinski definition) is 1. The molecule has 0 aliphatic heterocycles. The zero-order valence-corrected chi connectivity index (χ0v) is 12.9. The van der Waals surface area contributed by atoms with Crippen LogP contribution in [-0.4, -0.2) is 6.61 Å². The molecule has 0 fully saturated rings. The normalized spacial score (nSPS) is 9.85. The summed E-state index contributed by atoms with van der Waals surface area (Å²) in [5, 5.41) is 3.42. The average Bonchev–Trinajstić information content (AvgIpc) is 2.45. The van der Waals surface area contributed by atoms with E-state index in [1.54, 1.807) is 0 Å². The lowest BCUT2D eigenvalue weighted by Crippen LogP contribution is -2.04. The van der Waals surface area contributed by atoms with Crippen LogP contribution in [0.15, 0.2) is 46.9 Å². The van der Waals surface area contributed by atoms with Gasteiger partial charge >= 0.3 is 0 Å².